The zero-order valence-electron chi connectivity index (χ0n) is 9.28. The van der Waals surface area contributed by atoms with Gasteiger partial charge in [0.05, 0.1) is 0 Å². The van der Waals surface area contributed by atoms with Crippen LogP contribution in [0, 0.1) is 0 Å². The van der Waals surface area contributed by atoms with Crippen LogP contribution in [-0.4, -0.2) is 17.4 Å². The van der Waals surface area contributed by atoms with E-state index in [1.165, 1.54) is 30.0 Å². The van der Waals surface area contributed by atoms with Gasteiger partial charge in [-0.25, -0.2) is 0 Å². The predicted octanol–water partition coefficient (Wildman–Crippen LogP) is 2.25. The third kappa shape index (κ3) is 1.29. The molecule has 2 nitrogen and oxygen atoms in total. The molecule has 3 rings (SSSR count). The molecular formula is C14H15NO. The molecule has 1 amide bonds. The Bertz CT molecular complexity index is 460. The van der Waals surface area contributed by atoms with Crippen LogP contribution in [-0.2, 0) is 16.8 Å². The molecule has 1 aliphatic heterocycles. The summed E-state index contributed by atoms with van der Waals surface area (Å²) in [5.74, 6) is 0.0563. The Morgan fingerprint density at radius 1 is 1.38 bits per heavy atom. The van der Waals surface area contributed by atoms with E-state index in [1.807, 2.05) is 4.90 Å². The minimum atomic E-state index is 0.0563. The molecule has 82 valence electrons. The van der Waals surface area contributed by atoms with E-state index in [4.69, 9.17) is 0 Å². The topological polar surface area (TPSA) is 20.3 Å². The van der Waals surface area contributed by atoms with Crippen molar-refractivity contribution in [3.63, 3.8) is 0 Å². The van der Waals surface area contributed by atoms with Crippen LogP contribution in [0.3, 0.4) is 0 Å². The van der Waals surface area contributed by atoms with E-state index < -0.39 is 0 Å². The summed E-state index contributed by atoms with van der Waals surface area (Å²) in [6.45, 7) is 5.18. The zero-order chi connectivity index (χ0) is 11.2. The highest BCUT2D eigenvalue weighted by Crippen LogP contribution is 2.52. The minimum Gasteiger partial charge on any atom is -0.334 e. The molecule has 0 bridgehead atoms. The van der Waals surface area contributed by atoms with E-state index in [9.17, 15) is 4.79 Å². The monoisotopic (exact) mass is 213 g/mol. The van der Waals surface area contributed by atoms with E-state index in [-0.39, 0.29) is 11.3 Å². The average Bonchev–Trinajstić information content (AvgIpc) is 3.08. The summed E-state index contributed by atoms with van der Waals surface area (Å²) in [5.41, 5.74) is 3.04. The van der Waals surface area contributed by atoms with Gasteiger partial charge >= 0.3 is 0 Å². The summed E-state index contributed by atoms with van der Waals surface area (Å²) in [7, 11) is 0. The molecule has 0 radical (unpaired) electrons. The van der Waals surface area contributed by atoms with Crippen molar-refractivity contribution in [1.29, 1.82) is 0 Å². The standard InChI is InChI=1S/C14H15NO/c1-2-13(16)15-9-11-5-3-4-6-12(11)14(10-15)7-8-14/h2-6H,1,7-10H2. The van der Waals surface area contributed by atoms with Crippen molar-refractivity contribution >= 4 is 5.91 Å². The maximum absolute atomic E-state index is 11.7. The van der Waals surface area contributed by atoms with Crippen molar-refractivity contribution in [2.45, 2.75) is 24.8 Å². The van der Waals surface area contributed by atoms with E-state index in [0.717, 1.165) is 13.1 Å². The predicted molar refractivity (Wildman–Crippen MR) is 63.0 cm³/mol. The second-order valence-electron chi connectivity index (χ2n) is 4.84. The Balaban J connectivity index is 2.00. The smallest absolute Gasteiger partial charge is 0.246 e. The normalized spacial score (nSPS) is 20.4. The molecule has 1 aromatic carbocycles. The SMILES string of the molecule is C=CC(=O)N1Cc2ccccc2C2(CC2)C1. The third-order valence-corrected chi connectivity index (χ3v) is 3.78. The lowest BCUT2D eigenvalue weighted by atomic mass is 9.87. The van der Waals surface area contributed by atoms with Crippen LogP contribution in [0.15, 0.2) is 36.9 Å². The van der Waals surface area contributed by atoms with Gasteiger partial charge in [-0.1, -0.05) is 30.8 Å². The zero-order valence-corrected chi connectivity index (χ0v) is 9.28. The van der Waals surface area contributed by atoms with E-state index >= 15 is 0 Å². The van der Waals surface area contributed by atoms with Gasteiger partial charge in [-0.3, -0.25) is 4.79 Å². The van der Waals surface area contributed by atoms with Crippen LogP contribution in [0.2, 0.25) is 0 Å². The van der Waals surface area contributed by atoms with Gasteiger partial charge in [-0.2, -0.15) is 0 Å². The second-order valence-corrected chi connectivity index (χ2v) is 4.84. The number of carbonyl (C=O) groups excluding carboxylic acids is 1. The molecule has 1 heterocycles. The summed E-state index contributed by atoms with van der Waals surface area (Å²) >= 11 is 0. The van der Waals surface area contributed by atoms with Crippen molar-refractivity contribution in [3.8, 4) is 0 Å². The third-order valence-electron chi connectivity index (χ3n) is 3.78. The largest absolute Gasteiger partial charge is 0.334 e. The first-order valence-corrected chi connectivity index (χ1v) is 5.75. The van der Waals surface area contributed by atoms with Gasteiger partial charge in [0.1, 0.15) is 0 Å². The van der Waals surface area contributed by atoms with Gasteiger partial charge < -0.3 is 4.90 Å². The lowest BCUT2D eigenvalue weighted by Crippen LogP contribution is -2.40. The fourth-order valence-electron chi connectivity index (χ4n) is 2.75. The van der Waals surface area contributed by atoms with Gasteiger partial charge in [-0.05, 0) is 30.0 Å². The maximum Gasteiger partial charge on any atom is 0.246 e. The first-order chi connectivity index (χ1) is 7.75. The van der Waals surface area contributed by atoms with Gasteiger partial charge in [0.25, 0.3) is 0 Å². The highest BCUT2D eigenvalue weighted by atomic mass is 16.2. The number of carbonyl (C=O) groups is 1. The van der Waals surface area contributed by atoms with Crippen molar-refractivity contribution in [1.82, 2.24) is 4.90 Å². The molecule has 1 aromatic rings. The fraction of sp³-hybridized carbons (Fsp3) is 0.357. The van der Waals surface area contributed by atoms with Crippen molar-refractivity contribution in [2.24, 2.45) is 0 Å². The van der Waals surface area contributed by atoms with Crippen LogP contribution in [0.5, 0.6) is 0 Å². The summed E-state index contributed by atoms with van der Waals surface area (Å²) in [6.07, 6.45) is 3.85. The van der Waals surface area contributed by atoms with Gasteiger partial charge in [-0.15, -0.1) is 0 Å². The highest BCUT2D eigenvalue weighted by Gasteiger charge is 2.49. The summed E-state index contributed by atoms with van der Waals surface area (Å²) in [5, 5.41) is 0. The number of amides is 1. The number of benzene rings is 1. The molecule has 0 unspecified atom stereocenters. The Labute approximate surface area is 95.6 Å². The summed E-state index contributed by atoms with van der Waals surface area (Å²) in [4.78, 5) is 13.6. The van der Waals surface area contributed by atoms with Crippen molar-refractivity contribution < 1.29 is 4.79 Å². The van der Waals surface area contributed by atoms with E-state index in [1.54, 1.807) is 0 Å². The van der Waals surface area contributed by atoms with Crippen LogP contribution in [0.25, 0.3) is 0 Å². The Morgan fingerprint density at radius 2 is 2.12 bits per heavy atom. The first kappa shape index (κ1) is 9.64. The Kier molecular flexibility index (Phi) is 1.93. The van der Waals surface area contributed by atoms with Crippen LogP contribution >= 0.6 is 0 Å². The number of hydrogen-bond donors (Lipinski definition) is 0. The van der Waals surface area contributed by atoms with E-state index in [2.05, 4.69) is 30.8 Å². The quantitative estimate of drug-likeness (QED) is 0.655. The lowest BCUT2D eigenvalue weighted by Gasteiger charge is -2.34. The summed E-state index contributed by atoms with van der Waals surface area (Å²) in [6, 6.07) is 8.51. The molecule has 1 aliphatic carbocycles. The average molecular weight is 213 g/mol. The van der Waals surface area contributed by atoms with Crippen molar-refractivity contribution in [2.75, 3.05) is 6.54 Å². The van der Waals surface area contributed by atoms with Crippen LogP contribution < -0.4 is 0 Å². The molecule has 1 saturated carbocycles. The van der Waals surface area contributed by atoms with Crippen LogP contribution in [0.4, 0.5) is 0 Å². The molecule has 0 aromatic heterocycles. The highest BCUT2D eigenvalue weighted by molar-refractivity contribution is 5.87. The molecule has 1 fully saturated rings. The molecular weight excluding hydrogens is 198 g/mol. The van der Waals surface area contributed by atoms with Gasteiger partial charge in [0.2, 0.25) is 5.91 Å². The maximum atomic E-state index is 11.7. The number of nitrogens with zero attached hydrogens (tertiary/aromatic N) is 1. The lowest BCUT2D eigenvalue weighted by molar-refractivity contribution is -0.127. The first-order valence-electron chi connectivity index (χ1n) is 5.75. The molecule has 2 heteroatoms. The van der Waals surface area contributed by atoms with Gasteiger partial charge in [0.15, 0.2) is 0 Å². The van der Waals surface area contributed by atoms with E-state index in [0.29, 0.717) is 0 Å². The molecule has 2 aliphatic rings. The fourth-order valence-corrected chi connectivity index (χ4v) is 2.75. The molecule has 16 heavy (non-hydrogen) atoms. The molecule has 1 spiro atoms. The molecule has 0 saturated heterocycles. The molecule has 0 N–H and O–H groups in total. The number of fused-ring (bicyclic) bond motifs is 2. The minimum absolute atomic E-state index is 0.0563. The summed E-state index contributed by atoms with van der Waals surface area (Å²) < 4.78 is 0. The van der Waals surface area contributed by atoms with Crippen LogP contribution in [0.1, 0.15) is 24.0 Å². The van der Waals surface area contributed by atoms with Crippen molar-refractivity contribution in [3.05, 3.63) is 48.0 Å². The molecule has 0 atom stereocenters. The van der Waals surface area contributed by atoms with Gasteiger partial charge in [0, 0.05) is 18.5 Å². The Hall–Kier alpha value is -1.57. The number of hydrogen-bond acceptors (Lipinski definition) is 1. The number of rotatable bonds is 1. The second kappa shape index (κ2) is 3.21. The Morgan fingerprint density at radius 3 is 2.81 bits per heavy atom.